The summed E-state index contributed by atoms with van der Waals surface area (Å²) in [5, 5.41) is 16.6. The zero-order chi connectivity index (χ0) is 16.8. The van der Waals surface area contributed by atoms with Gasteiger partial charge in [-0.15, -0.1) is 0 Å². The first-order chi connectivity index (χ1) is 11.0. The number of aryl methyl sites for hydroxylation is 1. The highest BCUT2D eigenvalue weighted by Gasteiger charge is 2.09. The van der Waals surface area contributed by atoms with Gasteiger partial charge in [-0.25, -0.2) is 0 Å². The molecule has 0 N–H and O–H groups in total. The van der Waals surface area contributed by atoms with Gasteiger partial charge < -0.3 is 5.21 Å². The SMILES string of the molecule is CSCc1cc(Br)cc(N=[N+]([O-])c2cc(C)cc(CSC)c2)c1. The molecule has 0 aromatic heterocycles. The molecular formula is C17H19BrN2OS2. The van der Waals surface area contributed by atoms with E-state index in [2.05, 4.69) is 39.6 Å². The number of azo groups is 1. The fourth-order valence-electron chi connectivity index (χ4n) is 2.30. The van der Waals surface area contributed by atoms with Crippen LogP contribution in [0.25, 0.3) is 0 Å². The van der Waals surface area contributed by atoms with Crippen molar-refractivity contribution in [1.82, 2.24) is 0 Å². The van der Waals surface area contributed by atoms with Gasteiger partial charge in [0.2, 0.25) is 5.69 Å². The van der Waals surface area contributed by atoms with E-state index in [1.54, 1.807) is 23.5 Å². The molecule has 23 heavy (non-hydrogen) atoms. The molecule has 0 saturated heterocycles. The quantitative estimate of drug-likeness (QED) is 0.313. The Hall–Kier alpha value is -0.980. The fourth-order valence-corrected chi connectivity index (χ4v) is 3.83. The van der Waals surface area contributed by atoms with E-state index in [1.165, 1.54) is 0 Å². The Bertz CT molecular complexity index is 720. The summed E-state index contributed by atoms with van der Waals surface area (Å²) in [5.74, 6) is 1.78. The molecule has 122 valence electrons. The number of benzene rings is 2. The van der Waals surface area contributed by atoms with Crippen LogP contribution in [0.4, 0.5) is 11.4 Å². The molecule has 0 unspecified atom stereocenters. The van der Waals surface area contributed by atoms with Crippen LogP contribution in [0.2, 0.25) is 0 Å². The molecular weight excluding hydrogens is 392 g/mol. The van der Waals surface area contributed by atoms with E-state index in [1.807, 2.05) is 37.3 Å². The van der Waals surface area contributed by atoms with Crippen molar-refractivity contribution in [3.63, 3.8) is 0 Å². The van der Waals surface area contributed by atoms with Gasteiger partial charge in [-0.2, -0.15) is 23.5 Å². The van der Waals surface area contributed by atoms with Crippen molar-refractivity contribution in [1.29, 1.82) is 0 Å². The van der Waals surface area contributed by atoms with Crippen molar-refractivity contribution in [3.8, 4) is 0 Å². The molecule has 0 amide bonds. The van der Waals surface area contributed by atoms with E-state index >= 15 is 0 Å². The second-order valence-electron chi connectivity index (χ2n) is 5.23. The van der Waals surface area contributed by atoms with E-state index in [4.69, 9.17) is 0 Å². The summed E-state index contributed by atoms with van der Waals surface area (Å²) in [4.78, 5) is 0.710. The smallest absolute Gasteiger partial charge is 0.245 e. The lowest BCUT2D eigenvalue weighted by atomic mass is 10.1. The first-order valence-corrected chi connectivity index (χ1v) is 10.7. The van der Waals surface area contributed by atoms with E-state index in [0.717, 1.165) is 32.7 Å². The van der Waals surface area contributed by atoms with Crippen molar-refractivity contribution >= 4 is 50.8 Å². The minimum absolute atomic E-state index is 0.570. The van der Waals surface area contributed by atoms with Gasteiger partial charge in [0.1, 0.15) is 5.69 Å². The maximum Gasteiger partial charge on any atom is 0.245 e. The number of hydrogen-bond donors (Lipinski definition) is 0. The van der Waals surface area contributed by atoms with Crippen LogP contribution >= 0.6 is 39.5 Å². The minimum atomic E-state index is 0.570. The molecule has 0 radical (unpaired) electrons. The summed E-state index contributed by atoms with van der Waals surface area (Å²) in [5.41, 5.74) is 4.58. The van der Waals surface area contributed by atoms with Gasteiger partial charge in [-0.3, -0.25) is 0 Å². The third-order valence-electron chi connectivity index (χ3n) is 3.11. The highest BCUT2D eigenvalue weighted by Crippen LogP contribution is 2.26. The monoisotopic (exact) mass is 410 g/mol. The maximum atomic E-state index is 12.4. The average molecular weight is 411 g/mol. The lowest BCUT2D eigenvalue weighted by Gasteiger charge is -2.06. The van der Waals surface area contributed by atoms with E-state index < -0.39 is 0 Å². The van der Waals surface area contributed by atoms with Gasteiger partial charge in [-0.1, -0.05) is 26.9 Å². The Kier molecular flexibility index (Phi) is 6.99. The molecule has 2 aromatic carbocycles. The summed E-state index contributed by atoms with van der Waals surface area (Å²) < 4.78 is 0.934. The molecule has 3 nitrogen and oxygen atoms in total. The Balaban J connectivity index is 2.35. The highest BCUT2D eigenvalue weighted by atomic mass is 79.9. The second kappa shape index (κ2) is 8.76. The third-order valence-corrected chi connectivity index (χ3v) is 4.82. The van der Waals surface area contributed by atoms with Gasteiger partial charge in [0.25, 0.3) is 0 Å². The second-order valence-corrected chi connectivity index (χ2v) is 7.88. The largest absolute Gasteiger partial charge is 0.594 e. The molecule has 0 atom stereocenters. The van der Waals surface area contributed by atoms with Crippen LogP contribution in [0.1, 0.15) is 16.7 Å². The van der Waals surface area contributed by atoms with Crippen LogP contribution < -0.4 is 0 Å². The predicted octanol–water partition coefficient (Wildman–Crippen LogP) is 6.41. The Labute approximate surface area is 154 Å². The molecule has 0 heterocycles. The molecule has 2 rings (SSSR count). The van der Waals surface area contributed by atoms with Crippen LogP contribution in [0.15, 0.2) is 46.0 Å². The Morgan fingerprint density at radius 3 is 2.30 bits per heavy atom. The van der Waals surface area contributed by atoms with Crippen LogP contribution in [-0.2, 0) is 11.5 Å². The van der Waals surface area contributed by atoms with Gasteiger partial charge in [0, 0.05) is 33.2 Å². The topological polar surface area (TPSA) is 38.4 Å². The van der Waals surface area contributed by atoms with Gasteiger partial charge in [-0.05, 0) is 54.3 Å². The lowest BCUT2D eigenvalue weighted by molar-refractivity contribution is -0.435. The van der Waals surface area contributed by atoms with Crippen LogP contribution in [0.5, 0.6) is 0 Å². The molecule has 0 bridgehead atoms. The standard InChI is InChI=1S/C17H19BrN2OS2/c1-12-4-13(10-22-2)8-17(5-12)20(21)19-16-7-14(11-23-3)6-15(18)9-16/h4-9H,10-11H2,1-3H3. The van der Waals surface area contributed by atoms with E-state index in [9.17, 15) is 5.21 Å². The molecule has 0 saturated carbocycles. The molecule has 0 spiro atoms. The number of hydrogen-bond acceptors (Lipinski definition) is 4. The average Bonchev–Trinajstić information content (AvgIpc) is 2.46. The number of rotatable bonds is 6. The minimum Gasteiger partial charge on any atom is -0.594 e. The molecule has 0 aliphatic carbocycles. The summed E-state index contributed by atoms with van der Waals surface area (Å²) >= 11 is 6.96. The third kappa shape index (κ3) is 5.55. The zero-order valence-corrected chi connectivity index (χ0v) is 16.6. The first-order valence-electron chi connectivity index (χ1n) is 7.08. The molecule has 0 fully saturated rings. The number of halogens is 1. The normalized spacial score (nSPS) is 11.7. The van der Waals surface area contributed by atoms with Gasteiger partial charge in [0.15, 0.2) is 0 Å². The van der Waals surface area contributed by atoms with Gasteiger partial charge >= 0.3 is 0 Å². The summed E-state index contributed by atoms with van der Waals surface area (Å²) in [6, 6.07) is 11.7. The van der Waals surface area contributed by atoms with Crippen molar-refractivity contribution in [3.05, 3.63) is 62.8 Å². The highest BCUT2D eigenvalue weighted by molar-refractivity contribution is 9.10. The van der Waals surface area contributed by atoms with Crippen LogP contribution in [-0.4, -0.2) is 17.4 Å². The summed E-state index contributed by atoms with van der Waals surface area (Å²) in [6.07, 6.45) is 4.10. The molecule has 6 heteroatoms. The summed E-state index contributed by atoms with van der Waals surface area (Å²) in [6.45, 7) is 2.00. The Morgan fingerprint density at radius 2 is 1.65 bits per heavy atom. The number of thioether (sulfide) groups is 2. The predicted molar refractivity (Wildman–Crippen MR) is 105 cm³/mol. The van der Waals surface area contributed by atoms with Crippen molar-refractivity contribution in [2.75, 3.05) is 12.5 Å². The van der Waals surface area contributed by atoms with Crippen molar-refractivity contribution in [2.24, 2.45) is 5.11 Å². The van der Waals surface area contributed by atoms with Crippen molar-refractivity contribution in [2.45, 2.75) is 18.4 Å². The fraction of sp³-hybridized carbons (Fsp3) is 0.294. The van der Waals surface area contributed by atoms with E-state index in [-0.39, 0.29) is 0 Å². The first kappa shape index (κ1) is 18.4. The van der Waals surface area contributed by atoms with Crippen molar-refractivity contribution < 1.29 is 4.86 Å². The maximum absolute atomic E-state index is 12.4. The van der Waals surface area contributed by atoms with Crippen LogP contribution in [0.3, 0.4) is 0 Å². The van der Waals surface area contributed by atoms with Crippen LogP contribution in [0, 0.1) is 12.1 Å². The molecule has 2 aromatic rings. The number of nitrogens with zero attached hydrogens (tertiary/aromatic N) is 2. The molecule has 0 aliphatic heterocycles. The van der Waals surface area contributed by atoms with E-state index in [0.29, 0.717) is 16.2 Å². The lowest BCUT2D eigenvalue weighted by Crippen LogP contribution is -1.94. The zero-order valence-electron chi connectivity index (χ0n) is 13.4. The molecule has 0 aliphatic rings. The Morgan fingerprint density at radius 1 is 1.00 bits per heavy atom. The summed E-state index contributed by atoms with van der Waals surface area (Å²) in [7, 11) is 0. The van der Waals surface area contributed by atoms with Gasteiger partial charge in [0.05, 0.1) is 0 Å².